The molecule has 0 fully saturated rings. The number of nitrogens with zero attached hydrogens (tertiary/aromatic N) is 3. The maximum atomic E-state index is 14.6. The van der Waals surface area contributed by atoms with Crippen molar-refractivity contribution in [2.24, 2.45) is 17.3 Å². The lowest BCUT2D eigenvalue weighted by molar-refractivity contribution is -0.115. The molecule has 7 N–H and O–H groups in total. The van der Waals surface area contributed by atoms with Crippen molar-refractivity contribution in [2.45, 2.75) is 46.6 Å². The topological polar surface area (TPSA) is 172 Å². The number of aldehydes is 1. The number of benzene rings is 1. The van der Waals surface area contributed by atoms with Crippen LogP contribution in [0.5, 0.6) is 0 Å². The Morgan fingerprint density at radius 2 is 2.02 bits per heavy atom. The van der Waals surface area contributed by atoms with Crippen LogP contribution in [0, 0.1) is 12.7 Å². The van der Waals surface area contributed by atoms with Crippen LogP contribution in [0.15, 0.2) is 34.9 Å². The van der Waals surface area contributed by atoms with E-state index in [-0.39, 0.29) is 37.4 Å². The van der Waals surface area contributed by atoms with Crippen LogP contribution in [0.3, 0.4) is 0 Å². The molecule has 2 aromatic heterocycles. The molecule has 3 heterocycles. The number of hydrazine groups is 1. The van der Waals surface area contributed by atoms with Gasteiger partial charge in [-0.1, -0.05) is 13.8 Å². The number of aromatic nitrogens is 2. The number of aliphatic hydroxyl groups is 1. The second-order valence-corrected chi connectivity index (χ2v) is 9.12. The van der Waals surface area contributed by atoms with Crippen molar-refractivity contribution in [3.8, 4) is 11.4 Å². The Bertz CT molecular complexity index is 1470. The van der Waals surface area contributed by atoms with Gasteiger partial charge in [0.1, 0.15) is 11.9 Å². The molecule has 1 unspecified atom stereocenters. The molecule has 0 spiro atoms. The highest BCUT2D eigenvalue weighted by Gasteiger charge is 2.30. The minimum absolute atomic E-state index is 0.0881. The molecule has 1 aliphatic rings. The Hall–Kier alpha value is -3.68. The standard InChI is InChI=1S/C26H31FN6O5.C2H6/c1-14-5-16-18(9-32(30)8-15(29)12-38-4-3-28)19-10-33-23(25(19)31-22(16)7-21(14)27)6-17(24(35)11-34)20(13-37-2)26(33)36;1-2/h5-8,11,24,35H,3-4,9-10,12-13,28-30H2,1-2H3;1-2H3/b15-8-;. The van der Waals surface area contributed by atoms with Crippen LogP contribution in [-0.2, 0) is 34.0 Å². The summed E-state index contributed by atoms with van der Waals surface area (Å²) < 4.78 is 26.6. The molecule has 0 amide bonds. The van der Waals surface area contributed by atoms with E-state index in [4.69, 9.17) is 26.8 Å². The van der Waals surface area contributed by atoms with Crippen molar-refractivity contribution in [3.63, 3.8) is 0 Å². The van der Waals surface area contributed by atoms with Gasteiger partial charge in [0, 0.05) is 48.0 Å². The Morgan fingerprint density at radius 3 is 2.67 bits per heavy atom. The van der Waals surface area contributed by atoms with Gasteiger partial charge in [0.2, 0.25) is 0 Å². The van der Waals surface area contributed by atoms with Crippen molar-refractivity contribution in [1.82, 2.24) is 14.6 Å². The van der Waals surface area contributed by atoms with E-state index >= 15 is 0 Å². The van der Waals surface area contributed by atoms with Crippen molar-refractivity contribution in [2.75, 3.05) is 26.9 Å². The highest BCUT2D eigenvalue weighted by atomic mass is 19.1. The number of nitrogens with two attached hydrogens (primary N) is 3. The summed E-state index contributed by atoms with van der Waals surface area (Å²) in [6.07, 6.45) is 0.366. The zero-order valence-corrected chi connectivity index (χ0v) is 23.2. The predicted octanol–water partition coefficient (Wildman–Crippen LogP) is 1.73. The SMILES string of the molecule is CC.COCc1c(C(O)C=O)cc2n(c1=O)Cc1c-2nc2cc(F)c(C)cc2c1CN(N)/C=C(\N)COCCN. The van der Waals surface area contributed by atoms with Gasteiger partial charge in [-0.3, -0.25) is 4.79 Å². The van der Waals surface area contributed by atoms with Crippen LogP contribution >= 0.6 is 0 Å². The van der Waals surface area contributed by atoms with E-state index in [0.29, 0.717) is 58.6 Å². The van der Waals surface area contributed by atoms with Crippen molar-refractivity contribution in [3.05, 3.63) is 74.1 Å². The maximum Gasteiger partial charge on any atom is 0.257 e. The molecule has 0 radical (unpaired) electrons. The van der Waals surface area contributed by atoms with Crippen LogP contribution < -0.4 is 22.9 Å². The number of ether oxygens (including phenoxy) is 2. The van der Waals surface area contributed by atoms with Gasteiger partial charge >= 0.3 is 0 Å². The Morgan fingerprint density at radius 1 is 1.30 bits per heavy atom. The summed E-state index contributed by atoms with van der Waals surface area (Å²) in [4.78, 5) is 29.5. The third-order valence-electron chi connectivity index (χ3n) is 6.42. The molecule has 0 aliphatic carbocycles. The zero-order chi connectivity index (χ0) is 29.6. The highest BCUT2D eigenvalue weighted by molar-refractivity contribution is 5.88. The summed E-state index contributed by atoms with van der Waals surface area (Å²) >= 11 is 0. The molecule has 40 heavy (non-hydrogen) atoms. The number of hydrogen-bond acceptors (Lipinski definition) is 10. The number of fused-ring (bicyclic) bond motifs is 4. The van der Waals surface area contributed by atoms with Crippen LogP contribution in [0.2, 0.25) is 0 Å². The molecule has 0 bridgehead atoms. The molecule has 1 atom stereocenters. The number of halogens is 1. The third kappa shape index (κ3) is 6.21. The largest absolute Gasteiger partial charge is 0.399 e. The van der Waals surface area contributed by atoms with Crippen LogP contribution in [0.25, 0.3) is 22.3 Å². The van der Waals surface area contributed by atoms with Gasteiger partial charge in [0.15, 0.2) is 6.29 Å². The number of rotatable bonds is 11. The van der Waals surface area contributed by atoms with Gasteiger partial charge in [-0.05, 0) is 30.2 Å². The molecule has 4 rings (SSSR count). The van der Waals surface area contributed by atoms with Crippen molar-refractivity contribution >= 4 is 17.2 Å². The van der Waals surface area contributed by atoms with Crippen LogP contribution in [0.4, 0.5) is 4.39 Å². The van der Waals surface area contributed by atoms with E-state index in [0.717, 1.165) is 5.56 Å². The molecule has 12 heteroatoms. The average Bonchev–Trinajstić information content (AvgIpc) is 3.30. The molecular weight excluding hydrogens is 519 g/mol. The van der Waals surface area contributed by atoms with E-state index in [1.807, 2.05) is 13.8 Å². The lowest BCUT2D eigenvalue weighted by atomic mass is 9.98. The van der Waals surface area contributed by atoms with Crippen LogP contribution in [-0.4, -0.2) is 52.8 Å². The molecule has 11 nitrogen and oxygen atoms in total. The van der Waals surface area contributed by atoms with Gasteiger partial charge in [0.25, 0.3) is 5.56 Å². The normalized spacial score (nSPS) is 12.9. The molecule has 1 aliphatic heterocycles. The first-order valence-electron chi connectivity index (χ1n) is 13.0. The van der Waals surface area contributed by atoms with Gasteiger partial charge in [-0.2, -0.15) is 0 Å². The number of carbonyl (C=O) groups is 1. The number of aliphatic hydroxyl groups excluding tert-OH is 1. The van der Waals surface area contributed by atoms with Crippen LogP contribution in [0.1, 0.15) is 47.8 Å². The second-order valence-electron chi connectivity index (χ2n) is 9.12. The quantitative estimate of drug-likeness (QED) is 0.0922. The van der Waals surface area contributed by atoms with E-state index in [9.17, 15) is 19.1 Å². The average molecular weight is 557 g/mol. The summed E-state index contributed by atoms with van der Waals surface area (Å²) in [6, 6.07) is 4.59. The fourth-order valence-electron chi connectivity index (χ4n) is 4.66. The first-order chi connectivity index (χ1) is 19.2. The summed E-state index contributed by atoms with van der Waals surface area (Å²) in [5, 5.41) is 12.4. The van der Waals surface area contributed by atoms with E-state index in [2.05, 4.69) is 4.98 Å². The van der Waals surface area contributed by atoms with E-state index < -0.39 is 17.5 Å². The fourth-order valence-corrected chi connectivity index (χ4v) is 4.66. The van der Waals surface area contributed by atoms with Crippen molar-refractivity contribution in [1.29, 1.82) is 0 Å². The summed E-state index contributed by atoms with van der Waals surface area (Å²) in [6.45, 7) is 6.76. The number of methoxy groups -OCH3 is 1. The van der Waals surface area contributed by atoms with E-state index in [1.54, 1.807) is 19.1 Å². The zero-order valence-electron chi connectivity index (χ0n) is 23.2. The third-order valence-corrected chi connectivity index (χ3v) is 6.42. The van der Waals surface area contributed by atoms with Gasteiger partial charge in [0.05, 0.1) is 55.5 Å². The summed E-state index contributed by atoms with van der Waals surface area (Å²) in [5.74, 6) is 5.86. The lowest BCUT2D eigenvalue weighted by Crippen LogP contribution is -2.28. The Kier molecular flexibility index (Phi) is 10.5. The van der Waals surface area contributed by atoms with Gasteiger partial charge in [-0.25, -0.2) is 15.2 Å². The number of aryl methyl sites for hydroxylation is 1. The monoisotopic (exact) mass is 556 g/mol. The lowest BCUT2D eigenvalue weighted by Gasteiger charge is -2.19. The minimum atomic E-state index is -1.52. The maximum absolute atomic E-state index is 14.6. The van der Waals surface area contributed by atoms with Gasteiger partial charge < -0.3 is 40.4 Å². The number of carbonyl (C=O) groups excluding carboxylic acids is 1. The molecular formula is C28H37FN6O5. The highest BCUT2D eigenvalue weighted by Crippen LogP contribution is 2.37. The summed E-state index contributed by atoms with van der Waals surface area (Å²) in [5.41, 5.74) is 14.8. The second kappa shape index (κ2) is 13.6. The number of pyridine rings is 2. The first kappa shape index (κ1) is 30.9. The summed E-state index contributed by atoms with van der Waals surface area (Å²) in [7, 11) is 1.42. The molecule has 3 aromatic rings. The number of hydrogen-bond donors (Lipinski definition) is 4. The van der Waals surface area contributed by atoms with Crippen molar-refractivity contribution < 1.29 is 23.8 Å². The predicted molar refractivity (Wildman–Crippen MR) is 150 cm³/mol. The first-order valence-corrected chi connectivity index (χ1v) is 13.0. The fraction of sp³-hybridized carbons (Fsp3) is 0.393. The Labute approximate surface area is 231 Å². The van der Waals surface area contributed by atoms with E-state index in [1.165, 1.54) is 29.0 Å². The molecule has 0 saturated carbocycles. The smallest absolute Gasteiger partial charge is 0.257 e. The minimum Gasteiger partial charge on any atom is -0.399 e. The van der Waals surface area contributed by atoms with Gasteiger partial charge in [-0.15, -0.1) is 0 Å². The molecule has 0 saturated heterocycles. The molecule has 216 valence electrons. The Balaban J connectivity index is 0.00000216. The molecule has 1 aromatic carbocycles.